The lowest BCUT2D eigenvalue weighted by Crippen LogP contribution is -2.37. The van der Waals surface area contributed by atoms with Gasteiger partial charge in [0.1, 0.15) is 5.75 Å². The molecule has 5 nitrogen and oxygen atoms in total. The van der Waals surface area contributed by atoms with Crippen LogP contribution in [0.15, 0.2) is 48.5 Å². The van der Waals surface area contributed by atoms with Crippen molar-refractivity contribution in [2.45, 2.75) is 32.0 Å². The van der Waals surface area contributed by atoms with E-state index in [-0.39, 0.29) is 0 Å². The van der Waals surface area contributed by atoms with Crippen molar-refractivity contribution in [3.05, 3.63) is 64.7 Å². The molecule has 0 aliphatic rings. The summed E-state index contributed by atoms with van der Waals surface area (Å²) in [6.07, 6.45) is 0.174. The van der Waals surface area contributed by atoms with Gasteiger partial charge in [0, 0.05) is 11.6 Å². The Bertz CT molecular complexity index is 731. The summed E-state index contributed by atoms with van der Waals surface area (Å²) in [5.41, 5.74) is 0.613. The summed E-state index contributed by atoms with van der Waals surface area (Å²) in [6.45, 7) is 4.17. The highest BCUT2D eigenvalue weighted by Crippen LogP contribution is 2.20. The highest BCUT2D eigenvalue weighted by atomic mass is 35.5. The van der Waals surface area contributed by atoms with Gasteiger partial charge in [-0.3, -0.25) is 0 Å². The number of aliphatic carboxylic acids is 1. The predicted octanol–water partition coefficient (Wildman–Crippen LogP) is 3.45. The molecule has 0 bridgehead atoms. The van der Waals surface area contributed by atoms with Gasteiger partial charge in [0.25, 0.3) is 0 Å². The fourth-order valence-corrected chi connectivity index (χ4v) is 2.56. The molecule has 2 rings (SSSR count). The monoisotopic (exact) mass is 377 g/mol. The van der Waals surface area contributed by atoms with Crippen molar-refractivity contribution >= 4 is 17.6 Å². The third-order valence-electron chi connectivity index (χ3n) is 3.97. The molecule has 1 atom stereocenters. The van der Waals surface area contributed by atoms with Gasteiger partial charge >= 0.3 is 5.97 Å². The normalized spacial score (nSPS) is 12.6. The van der Waals surface area contributed by atoms with Crippen LogP contribution in [0.4, 0.5) is 0 Å². The number of carboxylic acids is 1. The Morgan fingerprint density at radius 2 is 1.92 bits per heavy atom. The van der Waals surface area contributed by atoms with Gasteiger partial charge in [-0.2, -0.15) is 0 Å². The van der Waals surface area contributed by atoms with Crippen molar-refractivity contribution in [1.82, 2.24) is 5.32 Å². The molecule has 0 saturated carbocycles. The average Bonchev–Trinajstić information content (AvgIpc) is 2.59. The molecule has 3 N–H and O–H groups in total. The largest absolute Gasteiger partial charge is 0.478 e. The number of rotatable bonds is 9. The number of carboxylic acid groups (broad SMARTS) is 1. The van der Waals surface area contributed by atoms with Crippen LogP contribution in [-0.4, -0.2) is 34.9 Å². The van der Waals surface area contributed by atoms with Crippen LogP contribution in [0.2, 0.25) is 5.02 Å². The summed E-state index contributed by atoms with van der Waals surface area (Å²) in [5.74, 6) is -0.491. The molecule has 2 aromatic carbocycles. The zero-order chi connectivity index (χ0) is 19.2. The van der Waals surface area contributed by atoms with Gasteiger partial charge in [-0.15, -0.1) is 0 Å². The number of hydrogen-bond donors (Lipinski definition) is 3. The van der Waals surface area contributed by atoms with E-state index in [1.807, 2.05) is 24.3 Å². The number of carbonyl (C=O) groups is 1. The van der Waals surface area contributed by atoms with E-state index >= 15 is 0 Å². The molecule has 0 aliphatic carbocycles. The summed E-state index contributed by atoms with van der Waals surface area (Å²) >= 11 is 5.93. The molecular formula is C20H24ClNO4. The number of aliphatic hydroxyl groups excluding tert-OH is 1. The van der Waals surface area contributed by atoms with Crippen LogP contribution in [0.5, 0.6) is 5.75 Å². The Hall–Kier alpha value is -2.08. The first-order chi connectivity index (χ1) is 12.3. The van der Waals surface area contributed by atoms with Crippen LogP contribution in [-0.2, 0) is 11.2 Å². The molecule has 0 aliphatic heterocycles. The fourth-order valence-electron chi connectivity index (χ4n) is 2.37. The second kappa shape index (κ2) is 9.03. The van der Waals surface area contributed by atoms with E-state index in [2.05, 4.69) is 5.32 Å². The average molecular weight is 378 g/mol. The summed E-state index contributed by atoms with van der Waals surface area (Å²) in [6, 6.07) is 14.5. The third-order valence-corrected chi connectivity index (χ3v) is 4.21. The molecule has 26 heavy (non-hydrogen) atoms. The molecular weight excluding hydrogens is 354 g/mol. The molecule has 0 aromatic heterocycles. The lowest BCUT2D eigenvalue weighted by Gasteiger charge is -2.21. The third kappa shape index (κ3) is 6.02. The van der Waals surface area contributed by atoms with Gasteiger partial charge in [0.15, 0.2) is 5.60 Å². The van der Waals surface area contributed by atoms with Crippen molar-refractivity contribution in [3.8, 4) is 5.75 Å². The van der Waals surface area contributed by atoms with Gasteiger partial charge < -0.3 is 20.3 Å². The maximum atomic E-state index is 11.1. The fraction of sp³-hybridized carbons (Fsp3) is 0.350. The van der Waals surface area contributed by atoms with Gasteiger partial charge in [-0.1, -0.05) is 35.9 Å². The Morgan fingerprint density at radius 3 is 2.54 bits per heavy atom. The Kier molecular flexibility index (Phi) is 7.03. The van der Waals surface area contributed by atoms with Crippen molar-refractivity contribution < 1.29 is 19.7 Å². The molecule has 6 heteroatoms. The minimum atomic E-state index is -1.26. The van der Waals surface area contributed by atoms with Crippen molar-refractivity contribution in [3.63, 3.8) is 0 Å². The molecule has 0 saturated heterocycles. The van der Waals surface area contributed by atoms with Crippen LogP contribution in [0.3, 0.4) is 0 Å². The van der Waals surface area contributed by atoms with Gasteiger partial charge in [-0.05, 0) is 62.2 Å². The number of ether oxygens (including phenoxy) is 1. The zero-order valence-electron chi connectivity index (χ0n) is 14.9. The number of nitrogens with one attached hydrogen (secondary N) is 1. The van der Waals surface area contributed by atoms with E-state index in [0.29, 0.717) is 23.9 Å². The predicted molar refractivity (Wildman–Crippen MR) is 102 cm³/mol. The van der Waals surface area contributed by atoms with Gasteiger partial charge in [-0.25, -0.2) is 4.79 Å². The van der Waals surface area contributed by atoms with Gasteiger partial charge in [0.2, 0.25) is 0 Å². The van der Waals surface area contributed by atoms with Crippen LogP contribution >= 0.6 is 11.6 Å². The number of hydrogen-bond acceptors (Lipinski definition) is 4. The summed E-state index contributed by atoms with van der Waals surface area (Å²) in [5, 5.41) is 23.1. The first-order valence-corrected chi connectivity index (χ1v) is 8.81. The van der Waals surface area contributed by atoms with Crippen molar-refractivity contribution in [2.75, 3.05) is 13.1 Å². The second-order valence-corrected chi connectivity index (χ2v) is 7.02. The van der Waals surface area contributed by atoms with Crippen LogP contribution in [0.25, 0.3) is 0 Å². The lowest BCUT2D eigenvalue weighted by molar-refractivity contribution is -0.152. The zero-order valence-corrected chi connectivity index (χ0v) is 15.7. The van der Waals surface area contributed by atoms with Crippen molar-refractivity contribution in [2.24, 2.45) is 0 Å². The lowest BCUT2D eigenvalue weighted by atomic mass is 10.1. The van der Waals surface area contributed by atoms with E-state index in [9.17, 15) is 9.90 Å². The maximum absolute atomic E-state index is 11.1. The molecule has 0 heterocycles. The van der Waals surface area contributed by atoms with Crippen LogP contribution in [0.1, 0.15) is 31.1 Å². The van der Waals surface area contributed by atoms with Crippen molar-refractivity contribution in [1.29, 1.82) is 0 Å². The smallest absolute Gasteiger partial charge is 0.347 e. The number of aliphatic hydroxyl groups is 1. The molecule has 1 unspecified atom stereocenters. The number of benzene rings is 2. The second-order valence-electron chi connectivity index (χ2n) is 6.59. The van der Waals surface area contributed by atoms with E-state index in [1.54, 1.807) is 24.3 Å². The Balaban J connectivity index is 1.77. The highest BCUT2D eigenvalue weighted by molar-refractivity contribution is 6.30. The first kappa shape index (κ1) is 20.2. The topological polar surface area (TPSA) is 78.8 Å². The molecule has 2 aromatic rings. The van der Waals surface area contributed by atoms with Gasteiger partial charge in [0.05, 0.1) is 6.10 Å². The highest BCUT2D eigenvalue weighted by Gasteiger charge is 2.29. The summed E-state index contributed by atoms with van der Waals surface area (Å²) in [4.78, 5) is 11.1. The molecule has 0 fully saturated rings. The summed E-state index contributed by atoms with van der Waals surface area (Å²) < 4.78 is 5.47. The number of halogens is 1. The molecule has 0 amide bonds. The van der Waals surface area contributed by atoms with E-state index < -0.39 is 17.7 Å². The van der Waals surface area contributed by atoms with E-state index in [0.717, 1.165) is 17.5 Å². The Labute approximate surface area is 158 Å². The quantitative estimate of drug-likeness (QED) is 0.583. The van der Waals surface area contributed by atoms with Crippen LogP contribution in [0, 0.1) is 0 Å². The van der Waals surface area contributed by atoms with E-state index in [4.69, 9.17) is 21.4 Å². The summed E-state index contributed by atoms with van der Waals surface area (Å²) in [7, 11) is 0. The first-order valence-electron chi connectivity index (χ1n) is 8.43. The standard InChI is InChI=1S/C20H24ClNO4/c1-20(2,19(24)25)26-17-8-6-14(7-9-17)10-11-22-13-18(23)15-4-3-5-16(21)12-15/h3-9,12,18,22-23H,10-11,13H2,1-2H3,(H,24,25). The van der Waals surface area contributed by atoms with Crippen LogP contribution < -0.4 is 10.1 Å². The maximum Gasteiger partial charge on any atom is 0.347 e. The molecule has 0 radical (unpaired) electrons. The molecule has 140 valence electrons. The molecule has 0 spiro atoms. The van der Waals surface area contributed by atoms with E-state index in [1.165, 1.54) is 13.8 Å². The Morgan fingerprint density at radius 1 is 1.23 bits per heavy atom. The minimum Gasteiger partial charge on any atom is -0.478 e. The minimum absolute atomic E-state index is 0.439. The SMILES string of the molecule is CC(C)(Oc1ccc(CCNCC(O)c2cccc(Cl)c2)cc1)C(=O)O.